The Morgan fingerprint density at radius 1 is 1.06 bits per heavy atom. The van der Waals surface area contributed by atoms with Gasteiger partial charge in [0, 0.05) is 16.6 Å². The first kappa shape index (κ1) is 24.5. The van der Waals surface area contributed by atoms with Gasteiger partial charge in [-0.1, -0.05) is 0 Å². The van der Waals surface area contributed by atoms with E-state index in [1.54, 1.807) is 25.1 Å². The summed E-state index contributed by atoms with van der Waals surface area (Å²) >= 11 is 0. The van der Waals surface area contributed by atoms with Crippen molar-refractivity contribution in [2.45, 2.75) is 26.5 Å². The molecule has 3 aromatic rings. The maximum atomic E-state index is 13.9. The molecule has 0 amide bonds. The van der Waals surface area contributed by atoms with Crippen LogP contribution >= 0.6 is 0 Å². The minimum atomic E-state index is -2.38. The number of aromatic nitrogens is 1. The number of hydrogen-bond donors (Lipinski definition) is 0. The molecule has 1 atom stereocenters. The Labute approximate surface area is 194 Å². The maximum absolute atomic E-state index is 13.9. The van der Waals surface area contributed by atoms with Gasteiger partial charge in [0.2, 0.25) is 34.8 Å². The Morgan fingerprint density at radius 3 is 2.29 bits per heavy atom. The first-order valence-electron chi connectivity index (χ1n) is 10.4. The van der Waals surface area contributed by atoms with Crippen molar-refractivity contribution in [1.29, 1.82) is 0 Å². The summed E-state index contributed by atoms with van der Waals surface area (Å²) in [5.41, 5.74) is 0.699. The van der Waals surface area contributed by atoms with E-state index < -0.39 is 53.3 Å². The second kappa shape index (κ2) is 9.53. The predicted molar refractivity (Wildman–Crippen MR) is 110 cm³/mol. The van der Waals surface area contributed by atoms with Crippen molar-refractivity contribution in [3.8, 4) is 11.5 Å². The molecule has 1 saturated heterocycles. The van der Waals surface area contributed by atoms with Crippen LogP contribution in [0.2, 0.25) is 0 Å². The number of carbonyl (C=O) groups excluding carboxylic acids is 2. The summed E-state index contributed by atoms with van der Waals surface area (Å²) in [6.45, 7) is 3.35. The van der Waals surface area contributed by atoms with Crippen LogP contribution in [-0.2, 0) is 20.8 Å². The minimum Gasteiger partial charge on any atom is -0.491 e. The highest BCUT2D eigenvalue weighted by Crippen LogP contribution is 2.32. The normalized spacial score (nSPS) is 14.8. The van der Waals surface area contributed by atoms with Crippen molar-refractivity contribution in [2.75, 3.05) is 19.8 Å². The van der Waals surface area contributed by atoms with Crippen molar-refractivity contribution in [1.82, 2.24) is 4.57 Å². The van der Waals surface area contributed by atoms with Crippen LogP contribution < -0.4 is 9.47 Å². The van der Waals surface area contributed by atoms with Crippen LogP contribution in [0.3, 0.4) is 0 Å². The number of carbonyl (C=O) groups is 2. The zero-order valence-electron chi connectivity index (χ0n) is 18.4. The fourth-order valence-electron chi connectivity index (χ4n) is 3.52. The molecule has 2 aromatic carbocycles. The number of epoxide rings is 1. The largest absolute Gasteiger partial charge is 0.491 e. The van der Waals surface area contributed by atoms with E-state index in [1.807, 2.05) is 0 Å². The smallest absolute Gasteiger partial charge is 0.340 e. The van der Waals surface area contributed by atoms with Gasteiger partial charge in [0.15, 0.2) is 0 Å². The fraction of sp³-hybridized carbons (Fsp3) is 0.304. The standard InChI is InChI=1S/C23H18F5NO6/c1-3-32-23(31)16-10(2)29(14-5-4-11(6-13(14)16)33-8-12-9-34-12)7-15(30)35-22-20(27)18(25)17(24)19(26)21(22)28/h4-6,12H,3,7-9H2,1-2H3. The van der Waals surface area contributed by atoms with Crippen LogP contribution in [0.5, 0.6) is 11.5 Å². The van der Waals surface area contributed by atoms with E-state index in [1.165, 1.54) is 11.5 Å². The van der Waals surface area contributed by atoms with Crippen LogP contribution in [0.15, 0.2) is 18.2 Å². The molecule has 35 heavy (non-hydrogen) atoms. The molecule has 12 heteroatoms. The monoisotopic (exact) mass is 499 g/mol. The second-order valence-electron chi connectivity index (χ2n) is 7.59. The summed E-state index contributed by atoms with van der Waals surface area (Å²) in [4.78, 5) is 25.1. The zero-order valence-corrected chi connectivity index (χ0v) is 18.4. The van der Waals surface area contributed by atoms with E-state index in [2.05, 4.69) is 4.74 Å². The van der Waals surface area contributed by atoms with Crippen LogP contribution in [0.25, 0.3) is 10.9 Å². The Hall–Kier alpha value is -3.67. The molecule has 0 radical (unpaired) electrons. The third-order valence-electron chi connectivity index (χ3n) is 5.29. The summed E-state index contributed by atoms with van der Waals surface area (Å²) in [5.74, 6) is -14.8. The molecule has 0 spiro atoms. The van der Waals surface area contributed by atoms with Gasteiger partial charge in [-0.05, 0) is 32.0 Å². The third kappa shape index (κ3) is 4.65. The second-order valence-corrected chi connectivity index (χ2v) is 7.59. The average molecular weight is 499 g/mol. The highest BCUT2D eigenvalue weighted by atomic mass is 19.2. The van der Waals surface area contributed by atoms with Crippen molar-refractivity contribution >= 4 is 22.8 Å². The Balaban J connectivity index is 1.69. The summed E-state index contributed by atoms with van der Waals surface area (Å²) in [6, 6.07) is 4.67. The lowest BCUT2D eigenvalue weighted by Crippen LogP contribution is -2.20. The van der Waals surface area contributed by atoms with E-state index >= 15 is 0 Å². The van der Waals surface area contributed by atoms with Crippen LogP contribution in [-0.4, -0.2) is 42.4 Å². The Kier molecular flexibility index (Phi) is 6.66. The molecular weight excluding hydrogens is 481 g/mol. The molecule has 7 nitrogen and oxygen atoms in total. The molecule has 186 valence electrons. The van der Waals surface area contributed by atoms with Gasteiger partial charge in [0.25, 0.3) is 0 Å². The Morgan fingerprint density at radius 2 is 1.69 bits per heavy atom. The first-order chi connectivity index (χ1) is 16.6. The molecule has 1 aromatic heterocycles. The van der Waals surface area contributed by atoms with E-state index in [4.69, 9.17) is 14.2 Å². The molecule has 0 bridgehead atoms. The van der Waals surface area contributed by atoms with Crippen molar-refractivity contribution in [3.63, 3.8) is 0 Å². The number of hydrogen-bond acceptors (Lipinski definition) is 6. The SMILES string of the molecule is CCOC(=O)c1c(C)n(CC(=O)Oc2c(F)c(F)c(F)c(F)c2F)c2ccc(OCC3CO3)cc12. The molecular formula is C23H18F5NO6. The van der Waals surface area contributed by atoms with Gasteiger partial charge in [-0.25, -0.2) is 22.8 Å². The lowest BCUT2D eigenvalue weighted by molar-refractivity contribution is -0.135. The molecule has 1 aliphatic heterocycles. The molecule has 0 aliphatic carbocycles. The van der Waals surface area contributed by atoms with E-state index in [0.29, 0.717) is 29.9 Å². The lowest BCUT2D eigenvalue weighted by atomic mass is 10.1. The van der Waals surface area contributed by atoms with Crippen molar-refractivity contribution in [2.24, 2.45) is 0 Å². The molecule has 4 rings (SSSR count). The number of benzene rings is 2. The van der Waals surface area contributed by atoms with Crippen LogP contribution in [0.1, 0.15) is 23.0 Å². The zero-order chi connectivity index (χ0) is 25.4. The molecule has 2 heterocycles. The molecule has 1 fully saturated rings. The van der Waals surface area contributed by atoms with Gasteiger partial charge in [-0.3, -0.25) is 0 Å². The van der Waals surface area contributed by atoms with Gasteiger partial charge >= 0.3 is 11.9 Å². The number of ether oxygens (including phenoxy) is 4. The van der Waals surface area contributed by atoms with Gasteiger partial charge in [0.05, 0.1) is 18.8 Å². The van der Waals surface area contributed by atoms with E-state index in [0.717, 1.165) is 0 Å². The third-order valence-corrected chi connectivity index (χ3v) is 5.29. The number of halogens is 5. The summed E-state index contributed by atoms with van der Waals surface area (Å²) in [5, 5.41) is 0.360. The summed E-state index contributed by atoms with van der Waals surface area (Å²) in [7, 11) is 0. The summed E-state index contributed by atoms with van der Waals surface area (Å²) in [6.07, 6.45) is -0.0155. The van der Waals surface area contributed by atoms with Gasteiger partial charge in [-0.2, -0.15) is 8.78 Å². The van der Waals surface area contributed by atoms with Gasteiger partial charge < -0.3 is 23.5 Å². The highest BCUT2D eigenvalue weighted by Gasteiger charge is 2.30. The Bertz CT molecular complexity index is 1310. The maximum Gasteiger partial charge on any atom is 0.340 e. The number of fused-ring (bicyclic) bond motifs is 1. The molecule has 1 aliphatic rings. The summed E-state index contributed by atoms with van der Waals surface area (Å²) < 4.78 is 89.6. The van der Waals surface area contributed by atoms with E-state index in [9.17, 15) is 31.5 Å². The molecule has 1 unspecified atom stereocenters. The van der Waals surface area contributed by atoms with Crippen LogP contribution in [0.4, 0.5) is 22.0 Å². The number of esters is 2. The fourth-order valence-corrected chi connectivity index (χ4v) is 3.52. The van der Waals surface area contributed by atoms with Gasteiger partial charge in [0.1, 0.15) is 25.0 Å². The molecule has 0 saturated carbocycles. The van der Waals surface area contributed by atoms with Crippen LogP contribution in [0, 0.1) is 36.0 Å². The minimum absolute atomic E-state index is 0.0155. The topological polar surface area (TPSA) is 79.3 Å². The predicted octanol–water partition coefficient (Wildman–Crippen LogP) is 4.21. The highest BCUT2D eigenvalue weighted by molar-refractivity contribution is 6.06. The van der Waals surface area contributed by atoms with Crippen molar-refractivity contribution in [3.05, 3.63) is 58.5 Å². The lowest BCUT2D eigenvalue weighted by Gasteiger charge is -2.11. The molecule has 0 N–H and O–H groups in total. The quantitative estimate of drug-likeness (QED) is 0.115. The first-order valence-corrected chi connectivity index (χ1v) is 10.4. The van der Waals surface area contributed by atoms with Crippen molar-refractivity contribution < 1.29 is 50.5 Å². The van der Waals surface area contributed by atoms with Gasteiger partial charge in [-0.15, -0.1) is 0 Å². The number of nitrogens with zero attached hydrogens (tertiary/aromatic N) is 1. The number of rotatable bonds is 8. The van der Waals surface area contributed by atoms with E-state index in [-0.39, 0.29) is 24.0 Å². The average Bonchev–Trinajstić information content (AvgIpc) is 3.62.